The zero-order valence-electron chi connectivity index (χ0n) is 13.6. The molecule has 1 saturated heterocycles. The van der Waals surface area contributed by atoms with E-state index in [9.17, 15) is 4.79 Å². The third-order valence-electron chi connectivity index (χ3n) is 4.05. The second-order valence-corrected chi connectivity index (χ2v) is 5.60. The largest absolute Gasteiger partial charge is 0.412 e. The molecule has 24 heavy (non-hydrogen) atoms. The standard InChI is InChI=1S/C19H21NO2.ClH.H2O/c21-19(17-6-2-1-3-7-17)18-8-4-5-16(15-18)9-10-20-11-13-22-14-12-20;;/h1-8,15H,9-14H2;1H;1H2. The molecule has 2 aromatic carbocycles. The fourth-order valence-corrected chi connectivity index (χ4v) is 2.74. The molecule has 5 heteroatoms. The maximum Gasteiger partial charge on any atom is 0.193 e. The summed E-state index contributed by atoms with van der Waals surface area (Å²) in [5, 5.41) is 0. The van der Waals surface area contributed by atoms with Crippen LogP contribution in [0.15, 0.2) is 54.6 Å². The van der Waals surface area contributed by atoms with E-state index in [0.29, 0.717) is 0 Å². The van der Waals surface area contributed by atoms with Gasteiger partial charge in [-0.3, -0.25) is 9.69 Å². The SMILES string of the molecule is Cl.O.O=C(c1ccccc1)c1cccc(CCN2CCOCC2)c1. The molecule has 0 bridgehead atoms. The summed E-state index contributed by atoms with van der Waals surface area (Å²) in [4.78, 5) is 14.9. The average Bonchev–Trinajstić information content (AvgIpc) is 2.61. The Morgan fingerprint density at radius 1 is 0.958 bits per heavy atom. The van der Waals surface area contributed by atoms with Gasteiger partial charge in [0.1, 0.15) is 0 Å². The monoisotopic (exact) mass is 349 g/mol. The van der Waals surface area contributed by atoms with Crippen LogP contribution in [0.5, 0.6) is 0 Å². The van der Waals surface area contributed by atoms with Crippen LogP contribution in [0.3, 0.4) is 0 Å². The lowest BCUT2D eigenvalue weighted by Crippen LogP contribution is -2.37. The maximum absolute atomic E-state index is 12.5. The van der Waals surface area contributed by atoms with Crippen LogP contribution in [0.2, 0.25) is 0 Å². The maximum atomic E-state index is 12.5. The highest BCUT2D eigenvalue weighted by Gasteiger charge is 2.11. The van der Waals surface area contributed by atoms with Crippen LogP contribution in [-0.4, -0.2) is 49.0 Å². The number of hydrogen-bond acceptors (Lipinski definition) is 3. The van der Waals surface area contributed by atoms with Crippen LogP contribution in [0.4, 0.5) is 0 Å². The van der Waals surface area contributed by atoms with E-state index in [1.165, 1.54) is 5.56 Å². The van der Waals surface area contributed by atoms with Gasteiger partial charge >= 0.3 is 0 Å². The first-order valence-corrected chi connectivity index (χ1v) is 7.82. The predicted octanol–water partition coefficient (Wildman–Crippen LogP) is 2.39. The van der Waals surface area contributed by atoms with E-state index >= 15 is 0 Å². The zero-order chi connectivity index (χ0) is 15.2. The summed E-state index contributed by atoms with van der Waals surface area (Å²) in [5.74, 6) is 0.0915. The highest BCUT2D eigenvalue weighted by molar-refractivity contribution is 6.09. The van der Waals surface area contributed by atoms with Crippen LogP contribution in [0, 0.1) is 0 Å². The summed E-state index contributed by atoms with van der Waals surface area (Å²) in [7, 11) is 0. The van der Waals surface area contributed by atoms with Crippen LogP contribution in [0.1, 0.15) is 21.5 Å². The molecule has 0 spiro atoms. The molecular formula is C19H24ClNO3. The third-order valence-corrected chi connectivity index (χ3v) is 4.05. The lowest BCUT2D eigenvalue weighted by Gasteiger charge is -2.26. The first-order chi connectivity index (χ1) is 10.8. The van der Waals surface area contributed by atoms with Crippen molar-refractivity contribution in [1.29, 1.82) is 0 Å². The topological polar surface area (TPSA) is 61.0 Å². The minimum absolute atomic E-state index is 0. The Morgan fingerprint density at radius 2 is 1.62 bits per heavy atom. The fourth-order valence-electron chi connectivity index (χ4n) is 2.74. The number of halogens is 1. The second-order valence-electron chi connectivity index (χ2n) is 5.60. The van der Waals surface area contributed by atoms with Crippen molar-refractivity contribution < 1.29 is 15.0 Å². The van der Waals surface area contributed by atoms with Crippen molar-refractivity contribution in [2.24, 2.45) is 0 Å². The van der Waals surface area contributed by atoms with E-state index in [4.69, 9.17) is 4.74 Å². The number of ketones is 1. The summed E-state index contributed by atoms with van der Waals surface area (Å²) in [5.41, 5.74) is 2.73. The molecule has 2 N–H and O–H groups in total. The molecular weight excluding hydrogens is 326 g/mol. The molecule has 0 amide bonds. The van der Waals surface area contributed by atoms with Gasteiger partial charge in [-0.2, -0.15) is 0 Å². The summed E-state index contributed by atoms with van der Waals surface area (Å²) >= 11 is 0. The molecule has 0 radical (unpaired) electrons. The minimum Gasteiger partial charge on any atom is -0.412 e. The molecule has 1 heterocycles. The van der Waals surface area contributed by atoms with E-state index in [-0.39, 0.29) is 23.7 Å². The van der Waals surface area contributed by atoms with Gasteiger partial charge < -0.3 is 10.2 Å². The average molecular weight is 350 g/mol. The number of carbonyl (C=O) groups excluding carboxylic acids is 1. The number of carbonyl (C=O) groups is 1. The van der Waals surface area contributed by atoms with Crippen LogP contribution < -0.4 is 0 Å². The van der Waals surface area contributed by atoms with Crippen molar-refractivity contribution in [2.75, 3.05) is 32.8 Å². The molecule has 0 aliphatic carbocycles. The van der Waals surface area contributed by atoms with Crippen molar-refractivity contribution in [3.8, 4) is 0 Å². The highest BCUT2D eigenvalue weighted by Crippen LogP contribution is 2.13. The number of nitrogens with zero attached hydrogens (tertiary/aromatic N) is 1. The fraction of sp³-hybridized carbons (Fsp3) is 0.316. The number of rotatable bonds is 5. The van der Waals surface area contributed by atoms with Crippen LogP contribution in [-0.2, 0) is 11.2 Å². The lowest BCUT2D eigenvalue weighted by molar-refractivity contribution is 0.0384. The molecule has 1 aliphatic rings. The van der Waals surface area contributed by atoms with E-state index in [2.05, 4.69) is 11.0 Å². The van der Waals surface area contributed by atoms with Gasteiger partial charge in [-0.25, -0.2) is 0 Å². The van der Waals surface area contributed by atoms with Crippen molar-refractivity contribution in [3.05, 3.63) is 71.3 Å². The van der Waals surface area contributed by atoms with Gasteiger partial charge in [0, 0.05) is 30.8 Å². The molecule has 0 atom stereocenters. The Morgan fingerprint density at radius 3 is 2.33 bits per heavy atom. The zero-order valence-corrected chi connectivity index (χ0v) is 14.4. The van der Waals surface area contributed by atoms with Gasteiger partial charge in [0.2, 0.25) is 0 Å². The molecule has 4 nitrogen and oxygen atoms in total. The Bertz CT molecular complexity index is 628. The normalized spacial score (nSPS) is 14.3. The predicted molar refractivity (Wildman–Crippen MR) is 98.1 cm³/mol. The Hall–Kier alpha value is -1.72. The number of ether oxygens (including phenoxy) is 1. The third kappa shape index (κ3) is 5.42. The van der Waals surface area contributed by atoms with E-state index < -0.39 is 0 Å². The first-order valence-electron chi connectivity index (χ1n) is 7.82. The van der Waals surface area contributed by atoms with E-state index in [1.54, 1.807) is 0 Å². The molecule has 2 aromatic rings. The van der Waals surface area contributed by atoms with Crippen molar-refractivity contribution in [3.63, 3.8) is 0 Å². The Labute approximate surface area is 149 Å². The number of morpholine rings is 1. The van der Waals surface area contributed by atoms with Gasteiger partial charge in [-0.15, -0.1) is 12.4 Å². The van der Waals surface area contributed by atoms with Crippen LogP contribution in [0.25, 0.3) is 0 Å². The summed E-state index contributed by atoms with van der Waals surface area (Å²) in [6.07, 6.45) is 0.968. The molecule has 1 aliphatic heterocycles. The Balaban J connectivity index is 0.00000144. The van der Waals surface area contributed by atoms with Gasteiger partial charge in [-0.1, -0.05) is 48.5 Å². The van der Waals surface area contributed by atoms with Gasteiger partial charge in [0.05, 0.1) is 13.2 Å². The molecule has 1 fully saturated rings. The Kier molecular flexibility index (Phi) is 8.65. The van der Waals surface area contributed by atoms with Crippen molar-refractivity contribution in [1.82, 2.24) is 4.90 Å². The van der Waals surface area contributed by atoms with Crippen molar-refractivity contribution in [2.45, 2.75) is 6.42 Å². The smallest absolute Gasteiger partial charge is 0.193 e. The summed E-state index contributed by atoms with van der Waals surface area (Å²) in [6.45, 7) is 4.68. The van der Waals surface area contributed by atoms with Crippen LogP contribution >= 0.6 is 12.4 Å². The first kappa shape index (κ1) is 20.3. The number of benzene rings is 2. The van der Waals surface area contributed by atoms with Crippen molar-refractivity contribution >= 4 is 18.2 Å². The minimum atomic E-state index is 0. The lowest BCUT2D eigenvalue weighted by atomic mass is 10.0. The summed E-state index contributed by atoms with van der Waals surface area (Å²) < 4.78 is 5.36. The molecule has 3 rings (SSSR count). The van der Waals surface area contributed by atoms with E-state index in [0.717, 1.165) is 50.4 Å². The number of hydrogen-bond donors (Lipinski definition) is 0. The molecule has 130 valence electrons. The quantitative estimate of drug-likeness (QED) is 0.779. The molecule has 0 saturated carbocycles. The van der Waals surface area contributed by atoms with Gasteiger partial charge in [0.15, 0.2) is 5.78 Å². The second kappa shape index (κ2) is 10.2. The van der Waals surface area contributed by atoms with E-state index in [1.807, 2.05) is 48.5 Å². The summed E-state index contributed by atoms with van der Waals surface area (Å²) in [6, 6.07) is 17.4. The molecule has 0 aromatic heterocycles. The molecule has 0 unspecified atom stereocenters. The van der Waals surface area contributed by atoms with Gasteiger partial charge in [0.25, 0.3) is 0 Å². The highest BCUT2D eigenvalue weighted by atomic mass is 35.5. The van der Waals surface area contributed by atoms with Gasteiger partial charge in [-0.05, 0) is 18.1 Å².